The first-order valence-electron chi connectivity index (χ1n) is 5.42. The van der Waals surface area contributed by atoms with Gasteiger partial charge in [0.05, 0.1) is 16.1 Å². The highest BCUT2D eigenvalue weighted by Gasteiger charge is 2.26. The SMILES string of the molecule is CC(C(=O)O)C(C)C(=O)Nc1cc(F)c(Br)cc1F. The van der Waals surface area contributed by atoms with Gasteiger partial charge in [0.2, 0.25) is 5.91 Å². The van der Waals surface area contributed by atoms with Crippen molar-refractivity contribution in [2.45, 2.75) is 13.8 Å². The lowest BCUT2D eigenvalue weighted by Crippen LogP contribution is -2.30. The molecule has 0 radical (unpaired) electrons. The molecule has 1 aromatic rings. The number of aliphatic carboxylic acids is 1. The molecule has 0 heterocycles. The molecule has 19 heavy (non-hydrogen) atoms. The van der Waals surface area contributed by atoms with Crippen LogP contribution in [0.5, 0.6) is 0 Å². The fourth-order valence-corrected chi connectivity index (χ4v) is 1.62. The standard InChI is InChI=1S/C12H12BrF2NO3/c1-5(6(2)12(18)19)11(17)16-10-4-8(14)7(13)3-9(10)15/h3-6H,1-2H3,(H,16,17)(H,18,19). The minimum atomic E-state index is -1.13. The molecule has 1 rings (SSSR count). The first-order valence-corrected chi connectivity index (χ1v) is 6.21. The summed E-state index contributed by atoms with van der Waals surface area (Å²) in [7, 11) is 0. The van der Waals surface area contributed by atoms with Crippen LogP contribution in [-0.4, -0.2) is 17.0 Å². The molecule has 0 aliphatic rings. The van der Waals surface area contributed by atoms with E-state index in [2.05, 4.69) is 21.2 Å². The molecule has 4 nitrogen and oxygen atoms in total. The van der Waals surface area contributed by atoms with Crippen LogP contribution in [0.2, 0.25) is 0 Å². The predicted molar refractivity (Wildman–Crippen MR) is 68.7 cm³/mol. The van der Waals surface area contributed by atoms with Crippen LogP contribution >= 0.6 is 15.9 Å². The second-order valence-electron chi connectivity index (χ2n) is 4.15. The summed E-state index contributed by atoms with van der Waals surface area (Å²) in [5.74, 6) is -5.15. The number of amides is 1. The Hall–Kier alpha value is -1.50. The molecule has 0 aliphatic heterocycles. The van der Waals surface area contributed by atoms with Gasteiger partial charge < -0.3 is 10.4 Å². The number of benzene rings is 1. The van der Waals surface area contributed by atoms with Crippen molar-refractivity contribution in [3.8, 4) is 0 Å². The van der Waals surface area contributed by atoms with Crippen molar-refractivity contribution in [1.29, 1.82) is 0 Å². The average molecular weight is 336 g/mol. The van der Waals surface area contributed by atoms with Crippen LogP contribution in [0.4, 0.5) is 14.5 Å². The maximum absolute atomic E-state index is 13.5. The summed E-state index contributed by atoms with van der Waals surface area (Å²) in [4.78, 5) is 22.5. The molecule has 104 valence electrons. The van der Waals surface area contributed by atoms with Gasteiger partial charge in [-0.05, 0) is 22.0 Å². The van der Waals surface area contributed by atoms with Gasteiger partial charge in [0, 0.05) is 12.0 Å². The molecule has 2 atom stereocenters. The summed E-state index contributed by atoms with van der Waals surface area (Å²) < 4.78 is 26.7. The number of halogens is 3. The number of nitrogens with one attached hydrogen (secondary N) is 1. The van der Waals surface area contributed by atoms with E-state index in [-0.39, 0.29) is 10.2 Å². The largest absolute Gasteiger partial charge is 0.481 e. The Kier molecular flexibility index (Phi) is 4.99. The first kappa shape index (κ1) is 15.6. The van der Waals surface area contributed by atoms with Crippen molar-refractivity contribution in [2.75, 3.05) is 5.32 Å². The summed E-state index contributed by atoms with van der Waals surface area (Å²) >= 11 is 2.81. The zero-order valence-corrected chi connectivity index (χ0v) is 11.8. The normalized spacial score (nSPS) is 13.7. The molecule has 1 aromatic carbocycles. The monoisotopic (exact) mass is 335 g/mol. The van der Waals surface area contributed by atoms with E-state index in [4.69, 9.17) is 5.11 Å². The number of anilines is 1. The molecular weight excluding hydrogens is 324 g/mol. The van der Waals surface area contributed by atoms with Crippen LogP contribution in [-0.2, 0) is 9.59 Å². The van der Waals surface area contributed by atoms with Gasteiger partial charge in [0.1, 0.15) is 11.6 Å². The molecule has 2 unspecified atom stereocenters. The minimum Gasteiger partial charge on any atom is -0.481 e. The first-order chi connectivity index (χ1) is 8.73. The zero-order chi connectivity index (χ0) is 14.7. The highest BCUT2D eigenvalue weighted by atomic mass is 79.9. The summed E-state index contributed by atoms with van der Waals surface area (Å²) in [6.45, 7) is 2.77. The van der Waals surface area contributed by atoms with Crippen molar-refractivity contribution in [1.82, 2.24) is 0 Å². The Labute approximate surface area is 116 Å². The van der Waals surface area contributed by atoms with Gasteiger partial charge >= 0.3 is 5.97 Å². The summed E-state index contributed by atoms with van der Waals surface area (Å²) in [5.41, 5.74) is -0.324. The summed E-state index contributed by atoms with van der Waals surface area (Å²) in [6, 6.07) is 1.71. The van der Waals surface area contributed by atoms with Gasteiger partial charge in [-0.15, -0.1) is 0 Å². The predicted octanol–water partition coefficient (Wildman–Crippen LogP) is 3.02. The van der Waals surface area contributed by atoms with E-state index in [0.717, 1.165) is 12.1 Å². The third-order valence-corrected chi connectivity index (χ3v) is 3.43. The number of carboxylic acids is 1. The molecule has 0 spiro atoms. The van der Waals surface area contributed by atoms with Gasteiger partial charge in [-0.1, -0.05) is 13.8 Å². The van der Waals surface area contributed by atoms with Gasteiger partial charge in [-0.25, -0.2) is 8.78 Å². The molecule has 0 saturated heterocycles. The maximum atomic E-state index is 13.5. The smallest absolute Gasteiger partial charge is 0.307 e. The zero-order valence-electron chi connectivity index (χ0n) is 10.2. The minimum absolute atomic E-state index is 0.0602. The fraction of sp³-hybridized carbons (Fsp3) is 0.333. The van der Waals surface area contributed by atoms with E-state index in [9.17, 15) is 18.4 Å². The van der Waals surface area contributed by atoms with Crippen LogP contribution in [0, 0.1) is 23.5 Å². The van der Waals surface area contributed by atoms with E-state index in [1.54, 1.807) is 0 Å². The Bertz CT molecular complexity index is 522. The Morgan fingerprint density at radius 1 is 1.21 bits per heavy atom. The molecule has 0 aliphatic carbocycles. The average Bonchev–Trinajstić information content (AvgIpc) is 2.33. The lowest BCUT2D eigenvalue weighted by atomic mass is 9.95. The van der Waals surface area contributed by atoms with Crippen molar-refractivity contribution in [3.05, 3.63) is 28.2 Å². The molecule has 0 aromatic heterocycles. The number of hydrogen-bond acceptors (Lipinski definition) is 2. The Morgan fingerprint density at radius 2 is 1.79 bits per heavy atom. The number of carboxylic acid groups (broad SMARTS) is 1. The van der Waals surface area contributed by atoms with E-state index in [1.165, 1.54) is 13.8 Å². The van der Waals surface area contributed by atoms with Crippen molar-refractivity contribution in [3.63, 3.8) is 0 Å². The lowest BCUT2D eigenvalue weighted by molar-refractivity contribution is -0.145. The van der Waals surface area contributed by atoms with Crippen LogP contribution in [0.15, 0.2) is 16.6 Å². The van der Waals surface area contributed by atoms with Crippen molar-refractivity contribution >= 4 is 33.5 Å². The molecule has 7 heteroatoms. The van der Waals surface area contributed by atoms with Gasteiger partial charge in [0.25, 0.3) is 0 Å². The highest BCUT2D eigenvalue weighted by molar-refractivity contribution is 9.10. The third-order valence-electron chi connectivity index (χ3n) is 2.82. The number of hydrogen-bond donors (Lipinski definition) is 2. The van der Waals surface area contributed by atoms with Crippen LogP contribution in [0.3, 0.4) is 0 Å². The third kappa shape index (κ3) is 3.73. The van der Waals surface area contributed by atoms with E-state index in [1.807, 2.05) is 0 Å². The highest BCUT2D eigenvalue weighted by Crippen LogP contribution is 2.24. The molecule has 1 amide bonds. The quantitative estimate of drug-likeness (QED) is 0.831. The molecule has 2 N–H and O–H groups in total. The lowest BCUT2D eigenvalue weighted by Gasteiger charge is -2.16. The topological polar surface area (TPSA) is 66.4 Å². The van der Waals surface area contributed by atoms with Gasteiger partial charge in [-0.2, -0.15) is 0 Å². The second-order valence-corrected chi connectivity index (χ2v) is 5.01. The van der Waals surface area contributed by atoms with E-state index in [0.29, 0.717) is 0 Å². The fourth-order valence-electron chi connectivity index (χ4n) is 1.31. The Balaban J connectivity index is 2.88. The Morgan fingerprint density at radius 3 is 2.32 bits per heavy atom. The van der Waals surface area contributed by atoms with E-state index < -0.39 is 35.3 Å². The van der Waals surface area contributed by atoms with Crippen molar-refractivity contribution in [2.24, 2.45) is 11.8 Å². The maximum Gasteiger partial charge on any atom is 0.307 e. The van der Waals surface area contributed by atoms with Gasteiger partial charge in [0.15, 0.2) is 0 Å². The molecule has 0 fully saturated rings. The van der Waals surface area contributed by atoms with Crippen LogP contribution < -0.4 is 5.32 Å². The summed E-state index contributed by atoms with van der Waals surface area (Å²) in [5, 5.41) is 11.0. The van der Waals surface area contributed by atoms with Gasteiger partial charge in [-0.3, -0.25) is 9.59 Å². The number of carbonyl (C=O) groups excluding carboxylic acids is 1. The summed E-state index contributed by atoms with van der Waals surface area (Å²) in [6.07, 6.45) is 0. The molecule has 0 saturated carbocycles. The van der Waals surface area contributed by atoms with E-state index >= 15 is 0 Å². The van der Waals surface area contributed by atoms with Crippen LogP contribution in [0.1, 0.15) is 13.8 Å². The molecular formula is C12H12BrF2NO3. The number of rotatable bonds is 4. The van der Waals surface area contributed by atoms with Crippen LogP contribution in [0.25, 0.3) is 0 Å². The molecule has 0 bridgehead atoms. The second kappa shape index (κ2) is 6.10. The number of carbonyl (C=O) groups is 2. The van der Waals surface area contributed by atoms with Crippen molar-refractivity contribution < 1.29 is 23.5 Å².